The first-order valence-electron chi connectivity index (χ1n) is 5.21. The summed E-state index contributed by atoms with van der Waals surface area (Å²) in [6.07, 6.45) is 2.36. The van der Waals surface area contributed by atoms with Crippen LogP contribution in [-0.4, -0.2) is 4.92 Å². The number of aromatic nitrogens is 1. The van der Waals surface area contributed by atoms with Crippen molar-refractivity contribution in [1.82, 2.24) is 0 Å². The molecule has 5 nitrogen and oxygen atoms in total. The molecule has 0 aliphatic rings. The largest absolute Gasteiger partial charge is 0.619 e. The fourth-order valence-electron chi connectivity index (χ4n) is 1.45. The predicted octanol–water partition coefficient (Wildman–Crippen LogP) is 2.52. The lowest BCUT2D eigenvalue weighted by Crippen LogP contribution is -2.24. The Kier molecular flexibility index (Phi) is 3.78. The summed E-state index contributed by atoms with van der Waals surface area (Å²) in [5.74, 6) is 0.589. The summed E-state index contributed by atoms with van der Waals surface area (Å²) in [4.78, 5) is 10.7. The number of pyridine rings is 1. The molecule has 0 aliphatic carbocycles. The molecule has 0 fully saturated rings. The molecular formula is C12H10N2O3S. The summed E-state index contributed by atoms with van der Waals surface area (Å²) < 4.78 is 0.570. The van der Waals surface area contributed by atoms with E-state index in [2.05, 4.69) is 0 Å². The molecule has 0 aliphatic heterocycles. The van der Waals surface area contributed by atoms with E-state index in [1.807, 2.05) is 30.3 Å². The van der Waals surface area contributed by atoms with Crippen LogP contribution in [0.3, 0.4) is 0 Å². The molecule has 0 amide bonds. The lowest BCUT2D eigenvalue weighted by atomic mass is 10.2. The lowest BCUT2D eigenvalue weighted by Gasteiger charge is -2.03. The predicted molar refractivity (Wildman–Crippen MR) is 68.1 cm³/mol. The van der Waals surface area contributed by atoms with Crippen LogP contribution < -0.4 is 4.73 Å². The molecule has 1 heterocycles. The molecule has 0 unspecified atom stereocenters. The Morgan fingerprint density at radius 2 is 1.94 bits per heavy atom. The normalized spacial score (nSPS) is 10.2. The minimum Gasteiger partial charge on any atom is -0.619 e. The molecule has 2 rings (SSSR count). The molecule has 18 heavy (non-hydrogen) atoms. The van der Waals surface area contributed by atoms with Gasteiger partial charge in [-0.25, -0.2) is 0 Å². The average molecular weight is 262 g/mol. The highest BCUT2D eigenvalue weighted by Gasteiger charge is 2.17. The highest BCUT2D eigenvalue weighted by Crippen LogP contribution is 2.29. The van der Waals surface area contributed by atoms with Gasteiger partial charge in [0.2, 0.25) is 6.20 Å². The zero-order chi connectivity index (χ0) is 13.0. The second-order valence-electron chi connectivity index (χ2n) is 3.59. The van der Waals surface area contributed by atoms with Crippen LogP contribution in [0, 0.1) is 15.3 Å². The van der Waals surface area contributed by atoms with Crippen LogP contribution in [0.1, 0.15) is 5.56 Å². The van der Waals surface area contributed by atoms with Gasteiger partial charge in [0.1, 0.15) is 0 Å². The Bertz CT molecular complexity index is 561. The fourth-order valence-corrected chi connectivity index (χ4v) is 2.43. The topological polar surface area (TPSA) is 70.1 Å². The Morgan fingerprint density at radius 1 is 1.22 bits per heavy atom. The molecule has 0 radical (unpaired) electrons. The van der Waals surface area contributed by atoms with Crippen LogP contribution in [0.4, 0.5) is 5.69 Å². The van der Waals surface area contributed by atoms with Gasteiger partial charge >= 0.3 is 0 Å². The minimum atomic E-state index is -0.479. The number of benzene rings is 1. The second-order valence-corrected chi connectivity index (χ2v) is 4.60. The van der Waals surface area contributed by atoms with Crippen molar-refractivity contribution < 1.29 is 9.65 Å². The first kappa shape index (κ1) is 12.4. The van der Waals surface area contributed by atoms with Gasteiger partial charge in [-0.05, 0) is 5.56 Å². The average Bonchev–Trinajstić information content (AvgIpc) is 2.37. The first-order chi connectivity index (χ1) is 8.66. The number of nitrogens with zero attached hydrogens (tertiary/aromatic N) is 2. The van der Waals surface area contributed by atoms with Crippen LogP contribution in [0.5, 0.6) is 0 Å². The maximum Gasteiger partial charge on any atom is 0.295 e. The zero-order valence-corrected chi connectivity index (χ0v) is 10.2. The lowest BCUT2D eigenvalue weighted by molar-refractivity contribution is -0.608. The maximum atomic E-state index is 11.2. The van der Waals surface area contributed by atoms with Gasteiger partial charge in [-0.1, -0.05) is 30.3 Å². The van der Waals surface area contributed by atoms with E-state index in [4.69, 9.17) is 0 Å². The van der Waals surface area contributed by atoms with Crippen molar-refractivity contribution in [3.05, 3.63) is 69.7 Å². The number of hydrogen-bond donors (Lipinski definition) is 0. The molecule has 0 N–H and O–H groups in total. The molecule has 1 aromatic carbocycles. The number of hydrogen-bond acceptors (Lipinski definition) is 4. The van der Waals surface area contributed by atoms with E-state index in [0.29, 0.717) is 15.4 Å². The van der Waals surface area contributed by atoms with Crippen molar-refractivity contribution in [3.8, 4) is 0 Å². The van der Waals surface area contributed by atoms with Crippen molar-refractivity contribution in [3.63, 3.8) is 0 Å². The Balaban J connectivity index is 2.18. The van der Waals surface area contributed by atoms with E-state index >= 15 is 0 Å². The Morgan fingerprint density at radius 3 is 2.61 bits per heavy atom. The summed E-state index contributed by atoms with van der Waals surface area (Å²) in [6.45, 7) is 0. The van der Waals surface area contributed by atoms with Gasteiger partial charge in [-0.3, -0.25) is 10.1 Å². The van der Waals surface area contributed by atoms with Gasteiger partial charge in [-0.15, -0.1) is 11.8 Å². The molecular weight excluding hydrogens is 252 g/mol. The molecule has 0 atom stereocenters. The fraction of sp³-hybridized carbons (Fsp3) is 0.0833. The van der Waals surface area contributed by atoms with Gasteiger partial charge in [0.05, 0.1) is 11.0 Å². The van der Waals surface area contributed by atoms with Crippen molar-refractivity contribution in [2.75, 3.05) is 0 Å². The third-order valence-corrected chi connectivity index (χ3v) is 3.41. The highest BCUT2D eigenvalue weighted by atomic mass is 32.2. The van der Waals surface area contributed by atoms with Crippen molar-refractivity contribution >= 4 is 17.4 Å². The first-order valence-corrected chi connectivity index (χ1v) is 6.19. The van der Waals surface area contributed by atoms with Crippen molar-refractivity contribution in [2.45, 2.75) is 10.6 Å². The molecule has 6 heteroatoms. The van der Waals surface area contributed by atoms with Crippen LogP contribution in [0.25, 0.3) is 0 Å². The van der Waals surface area contributed by atoms with Crippen molar-refractivity contribution in [1.29, 1.82) is 0 Å². The van der Waals surface area contributed by atoms with E-state index in [1.54, 1.807) is 0 Å². The van der Waals surface area contributed by atoms with Gasteiger partial charge < -0.3 is 5.21 Å². The van der Waals surface area contributed by atoms with Gasteiger partial charge in [0, 0.05) is 5.75 Å². The molecule has 92 valence electrons. The van der Waals surface area contributed by atoms with Gasteiger partial charge in [0.25, 0.3) is 5.69 Å². The number of nitro groups is 1. The van der Waals surface area contributed by atoms with E-state index in [9.17, 15) is 15.3 Å². The van der Waals surface area contributed by atoms with E-state index in [-0.39, 0.29) is 5.69 Å². The summed E-state index contributed by atoms with van der Waals surface area (Å²) >= 11 is 1.28. The minimum absolute atomic E-state index is 0.0389. The van der Waals surface area contributed by atoms with Crippen LogP contribution in [0.15, 0.2) is 53.7 Å². The molecule has 0 spiro atoms. The molecule has 2 aromatic rings. The quantitative estimate of drug-likeness (QED) is 0.279. The van der Waals surface area contributed by atoms with E-state index in [1.165, 1.54) is 24.0 Å². The Labute approximate surface area is 108 Å². The third-order valence-electron chi connectivity index (χ3n) is 2.31. The van der Waals surface area contributed by atoms with Crippen molar-refractivity contribution in [2.24, 2.45) is 0 Å². The molecule has 1 aromatic heterocycles. The standard InChI is InChI=1S/C12H10N2O3S/c15-13-7-6-11(14(16)17)12(8-13)18-9-10-4-2-1-3-5-10/h1-8H,9H2. The van der Waals surface area contributed by atoms with Crippen LogP contribution in [-0.2, 0) is 5.75 Å². The van der Waals surface area contributed by atoms with Crippen LogP contribution in [0.2, 0.25) is 0 Å². The maximum absolute atomic E-state index is 11.2. The molecule has 0 bridgehead atoms. The summed E-state index contributed by atoms with van der Waals surface area (Å²) in [7, 11) is 0. The van der Waals surface area contributed by atoms with E-state index in [0.717, 1.165) is 11.8 Å². The van der Waals surface area contributed by atoms with Gasteiger partial charge in [0.15, 0.2) is 11.1 Å². The molecule has 0 saturated heterocycles. The number of rotatable bonds is 4. The van der Waals surface area contributed by atoms with Crippen LogP contribution >= 0.6 is 11.8 Å². The smallest absolute Gasteiger partial charge is 0.295 e. The Hall–Kier alpha value is -2.08. The number of thioether (sulfide) groups is 1. The summed E-state index contributed by atoms with van der Waals surface area (Å²) in [5.41, 5.74) is 1.01. The van der Waals surface area contributed by atoms with E-state index < -0.39 is 4.92 Å². The summed E-state index contributed by atoms with van der Waals surface area (Å²) in [5, 5.41) is 22.0. The monoisotopic (exact) mass is 262 g/mol. The zero-order valence-electron chi connectivity index (χ0n) is 9.35. The SMILES string of the molecule is O=[N+]([O-])c1cc[n+]([O-])cc1SCc1ccccc1. The summed E-state index contributed by atoms with van der Waals surface area (Å²) in [6, 6.07) is 10.8. The second kappa shape index (κ2) is 5.50. The molecule has 0 saturated carbocycles. The van der Waals surface area contributed by atoms with Gasteiger partial charge in [-0.2, -0.15) is 4.73 Å². The highest BCUT2D eigenvalue weighted by molar-refractivity contribution is 7.98. The third kappa shape index (κ3) is 2.98.